The summed E-state index contributed by atoms with van der Waals surface area (Å²) in [4.78, 5) is 51.2. The summed E-state index contributed by atoms with van der Waals surface area (Å²) in [6.45, 7) is 2.76. The first kappa shape index (κ1) is 28.0. The van der Waals surface area contributed by atoms with Crippen molar-refractivity contribution >= 4 is 23.4 Å². The maximum Gasteiger partial charge on any atom is 0.246 e. The third-order valence-corrected chi connectivity index (χ3v) is 6.48. The van der Waals surface area contributed by atoms with Crippen molar-refractivity contribution in [1.82, 2.24) is 10.6 Å². The van der Waals surface area contributed by atoms with Gasteiger partial charge in [-0.3, -0.25) is 19.2 Å². The number of aliphatic hydroxyl groups excluding tert-OH is 1. The molecular formula is C28H34N2O7. The Hall–Kier alpha value is -3.56. The number of hydrogen-bond donors (Lipinski definition) is 3. The minimum Gasteiger partial charge on any atom is -0.497 e. The number of carbonyl (C=O) groups excluding carboxylic acids is 4. The van der Waals surface area contributed by atoms with E-state index in [0.717, 1.165) is 11.1 Å². The van der Waals surface area contributed by atoms with E-state index in [1.54, 1.807) is 26.2 Å². The summed E-state index contributed by atoms with van der Waals surface area (Å²) in [5.74, 6) is -1.84. The van der Waals surface area contributed by atoms with Crippen molar-refractivity contribution in [2.24, 2.45) is 5.92 Å². The van der Waals surface area contributed by atoms with Crippen LogP contribution in [0.3, 0.4) is 0 Å². The lowest BCUT2D eigenvalue weighted by Crippen LogP contribution is -2.50. The number of rotatable bonds is 14. The van der Waals surface area contributed by atoms with Crippen LogP contribution in [0.5, 0.6) is 5.75 Å². The van der Waals surface area contributed by atoms with Crippen LogP contribution in [0.1, 0.15) is 31.4 Å². The van der Waals surface area contributed by atoms with Gasteiger partial charge in [0, 0.05) is 12.3 Å². The van der Waals surface area contributed by atoms with Crippen LogP contribution in [0.25, 0.3) is 0 Å². The van der Waals surface area contributed by atoms with Gasteiger partial charge in [-0.25, -0.2) is 0 Å². The predicted octanol–water partition coefficient (Wildman–Crippen LogP) is 1.40. The molecule has 0 radical (unpaired) electrons. The van der Waals surface area contributed by atoms with E-state index in [4.69, 9.17) is 14.6 Å². The zero-order valence-corrected chi connectivity index (χ0v) is 21.4. The standard InChI is InChI=1S/C28H34N2O7/c1-18(29-25(33)16-31)24(32)15-21(13-20-9-11-22(36-3)12-10-20)27(35)30-23(26(34)28(2)17-37-28)14-19-7-5-4-6-8-19/h4-12,18,21,23,31H,13-17H2,1-3H3,(H,29,33)(H,30,35). The molecule has 1 aliphatic rings. The number of epoxide rings is 1. The second-order valence-corrected chi connectivity index (χ2v) is 9.50. The van der Waals surface area contributed by atoms with E-state index in [-0.39, 0.29) is 30.8 Å². The van der Waals surface area contributed by atoms with Crippen molar-refractivity contribution in [3.05, 3.63) is 65.7 Å². The van der Waals surface area contributed by atoms with Gasteiger partial charge in [0.25, 0.3) is 0 Å². The fourth-order valence-electron chi connectivity index (χ4n) is 4.06. The zero-order chi connectivity index (χ0) is 27.0. The third-order valence-electron chi connectivity index (χ3n) is 6.48. The smallest absolute Gasteiger partial charge is 0.246 e. The first-order valence-corrected chi connectivity index (χ1v) is 12.2. The second-order valence-electron chi connectivity index (χ2n) is 9.50. The van der Waals surface area contributed by atoms with E-state index in [1.807, 2.05) is 42.5 Å². The Labute approximate surface area is 216 Å². The Morgan fingerprint density at radius 1 is 1.00 bits per heavy atom. The summed E-state index contributed by atoms with van der Waals surface area (Å²) in [6.07, 6.45) is 0.365. The Morgan fingerprint density at radius 3 is 2.19 bits per heavy atom. The van der Waals surface area contributed by atoms with Gasteiger partial charge in [0.05, 0.1) is 25.8 Å². The minimum atomic E-state index is -0.933. The topological polar surface area (TPSA) is 134 Å². The number of hydrogen-bond acceptors (Lipinski definition) is 7. The monoisotopic (exact) mass is 510 g/mol. The Bertz CT molecular complexity index is 1100. The number of Topliss-reactive ketones (excluding diaryl/α,β-unsaturated/α-hetero) is 2. The summed E-state index contributed by atoms with van der Waals surface area (Å²) in [7, 11) is 1.56. The van der Waals surface area contributed by atoms with Crippen LogP contribution < -0.4 is 15.4 Å². The Balaban J connectivity index is 1.80. The van der Waals surface area contributed by atoms with Crippen molar-refractivity contribution in [1.29, 1.82) is 0 Å². The molecule has 2 amide bonds. The average molecular weight is 511 g/mol. The maximum absolute atomic E-state index is 13.6. The van der Waals surface area contributed by atoms with Gasteiger partial charge in [-0.1, -0.05) is 42.5 Å². The Morgan fingerprint density at radius 2 is 1.62 bits per heavy atom. The maximum atomic E-state index is 13.6. The molecule has 0 bridgehead atoms. The molecule has 2 aromatic carbocycles. The highest BCUT2D eigenvalue weighted by Crippen LogP contribution is 2.29. The average Bonchev–Trinajstić information content (AvgIpc) is 3.66. The van der Waals surface area contributed by atoms with Gasteiger partial charge in [-0.15, -0.1) is 0 Å². The van der Waals surface area contributed by atoms with Crippen LogP contribution in [-0.2, 0) is 36.8 Å². The molecular weight excluding hydrogens is 476 g/mol. The summed E-state index contributed by atoms with van der Waals surface area (Å²) in [5, 5.41) is 14.3. The molecule has 1 aliphatic heterocycles. The molecule has 9 nitrogen and oxygen atoms in total. The highest BCUT2D eigenvalue weighted by Gasteiger charge is 2.50. The SMILES string of the molecule is COc1ccc(CC(CC(=O)C(C)NC(=O)CO)C(=O)NC(Cc2ccccc2)C(=O)C2(C)CO2)cc1. The number of ether oxygens (including phenoxy) is 2. The van der Waals surface area contributed by atoms with Crippen LogP contribution in [0.15, 0.2) is 54.6 Å². The number of amides is 2. The van der Waals surface area contributed by atoms with Gasteiger partial charge >= 0.3 is 0 Å². The number of aliphatic hydroxyl groups is 1. The highest BCUT2D eigenvalue weighted by atomic mass is 16.6. The molecule has 4 unspecified atom stereocenters. The molecule has 0 spiro atoms. The first-order valence-electron chi connectivity index (χ1n) is 12.2. The van der Waals surface area contributed by atoms with Gasteiger partial charge in [-0.2, -0.15) is 0 Å². The van der Waals surface area contributed by atoms with E-state index >= 15 is 0 Å². The third kappa shape index (κ3) is 7.96. The van der Waals surface area contributed by atoms with Gasteiger partial charge in [-0.05, 0) is 49.9 Å². The van der Waals surface area contributed by atoms with Gasteiger partial charge in [0.2, 0.25) is 11.8 Å². The minimum absolute atomic E-state index is 0.162. The van der Waals surface area contributed by atoms with Crippen molar-refractivity contribution in [3.8, 4) is 5.75 Å². The lowest BCUT2D eigenvalue weighted by Gasteiger charge is -2.24. The molecule has 3 N–H and O–H groups in total. The van der Waals surface area contributed by atoms with Crippen molar-refractivity contribution < 1.29 is 33.8 Å². The molecule has 1 fully saturated rings. The van der Waals surface area contributed by atoms with E-state index in [2.05, 4.69) is 10.6 Å². The molecule has 4 atom stereocenters. The normalized spacial score (nSPS) is 18.7. The summed E-state index contributed by atoms with van der Waals surface area (Å²) < 4.78 is 10.5. The van der Waals surface area contributed by atoms with Gasteiger partial charge < -0.3 is 25.2 Å². The van der Waals surface area contributed by atoms with E-state index < -0.39 is 42.0 Å². The fraction of sp³-hybridized carbons (Fsp3) is 0.429. The molecule has 0 aliphatic carbocycles. The number of benzene rings is 2. The molecule has 1 saturated heterocycles. The van der Waals surface area contributed by atoms with Gasteiger partial charge in [0.15, 0.2) is 11.6 Å². The molecule has 2 aromatic rings. The number of methoxy groups -OCH3 is 1. The number of ketones is 2. The van der Waals surface area contributed by atoms with E-state index in [0.29, 0.717) is 12.4 Å². The molecule has 3 rings (SSSR count). The largest absolute Gasteiger partial charge is 0.497 e. The van der Waals surface area contributed by atoms with E-state index in [9.17, 15) is 19.2 Å². The highest BCUT2D eigenvalue weighted by molar-refractivity contribution is 5.98. The molecule has 0 saturated carbocycles. The molecule has 37 heavy (non-hydrogen) atoms. The Kier molecular flexibility index (Phi) is 9.54. The summed E-state index contributed by atoms with van der Waals surface area (Å²) in [6, 6.07) is 14.8. The van der Waals surface area contributed by atoms with Crippen molar-refractivity contribution in [2.75, 3.05) is 20.3 Å². The summed E-state index contributed by atoms with van der Waals surface area (Å²) >= 11 is 0. The quantitative estimate of drug-likeness (QED) is 0.327. The lowest BCUT2D eigenvalue weighted by atomic mass is 9.89. The number of carbonyl (C=O) groups is 4. The zero-order valence-electron chi connectivity index (χ0n) is 21.4. The second kappa shape index (κ2) is 12.6. The van der Waals surface area contributed by atoms with E-state index in [1.165, 1.54) is 6.92 Å². The fourth-order valence-corrected chi connectivity index (χ4v) is 4.06. The molecule has 0 aromatic heterocycles. The van der Waals surface area contributed by atoms with Crippen LogP contribution in [-0.4, -0.2) is 66.5 Å². The van der Waals surface area contributed by atoms with Crippen LogP contribution >= 0.6 is 0 Å². The first-order chi connectivity index (χ1) is 17.6. The predicted molar refractivity (Wildman–Crippen MR) is 136 cm³/mol. The lowest BCUT2D eigenvalue weighted by molar-refractivity contribution is -0.134. The van der Waals surface area contributed by atoms with Gasteiger partial charge in [0.1, 0.15) is 18.0 Å². The summed E-state index contributed by atoms with van der Waals surface area (Å²) in [5.41, 5.74) is 0.759. The molecule has 9 heteroatoms. The number of nitrogens with one attached hydrogen (secondary N) is 2. The van der Waals surface area contributed by atoms with Crippen molar-refractivity contribution in [3.63, 3.8) is 0 Å². The molecule has 198 valence electrons. The van der Waals surface area contributed by atoms with Crippen LogP contribution in [0.4, 0.5) is 0 Å². The van der Waals surface area contributed by atoms with Crippen LogP contribution in [0, 0.1) is 5.92 Å². The molecule has 1 heterocycles. The van der Waals surface area contributed by atoms with Crippen LogP contribution in [0.2, 0.25) is 0 Å². The van der Waals surface area contributed by atoms with Crippen molar-refractivity contribution in [2.45, 2.75) is 50.8 Å².